The maximum atomic E-state index is 13.2. The number of hydrogen-bond donors (Lipinski definition) is 5. The lowest BCUT2D eigenvalue weighted by atomic mass is 10.1. The lowest BCUT2D eigenvalue weighted by Crippen LogP contribution is -2.49. The van der Waals surface area contributed by atoms with Crippen molar-refractivity contribution in [3.63, 3.8) is 0 Å². The molecule has 4 rings (SSSR count). The minimum absolute atomic E-state index is 0.120. The number of hydrogen-bond acceptors (Lipinski definition) is 6. The molecule has 0 bridgehead atoms. The zero-order valence-corrected chi connectivity index (χ0v) is 29.1. The van der Waals surface area contributed by atoms with Gasteiger partial charge in [0.25, 0.3) is 0 Å². The molecule has 0 spiro atoms. The van der Waals surface area contributed by atoms with Gasteiger partial charge in [-0.2, -0.15) is 0 Å². The molecule has 16 heteroatoms. The number of nitrogens with one attached hydrogen (secondary N) is 4. The predicted molar refractivity (Wildman–Crippen MR) is 190 cm³/mol. The van der Waals surface area contributed by atoms with Crippen molar-refractivity contribution in [3.8, 4) is 0 Å². The first-order chi connectivity index (χ1) is 25.6. The Morgan fingerprint density at radius 2 is 1.07 bits per heavy atom. The maximum Gasteiger partial charge on any atom is 0.323 e. The molecule has 2 atom stereocenters. The number of rotatable bonds is 14. The SMILES string of the molecule is C[C@H](NC(=O)Cc1cc(F)cc(F)c1)C(=O)N(CC(=O)O)c1ccccc1.C[C@H](NC(=O)Cc1cc(F)cc(F)c1)C(=O)NCC(=O)Nc1ccccc1. The number of carbonyl (C=O) groups is 6. The highest BCUT2D eigenvalue weighted by molar-refractivity contribution is 6.02. The highest BCUT2D eigenvalue weighted by Crippen LogP contribution is 2.15. The summed E-state index contributed by atoms with van der Waals surface area (Å²) in [7, 11) is 0. The third-order valence-corrected chi connectivity index (χ3v) is 7.20. The summed E-state index contributed by atoms with van der Waals surface area (Å²) in [4.78, 5) is 72.5. The molecule has 54 heavy (non-hydrogen) atoms. The lowest BCUT2D eigenvalue weighted by molar-refractivity contribution is -0.137. The molecule has 0 saturated carbocycles. The van der Waals surface area contributed by atoms with Crippen LogP contribution in [-0.4, -0.2) is 65.8 Å². The lowest BCUT2D eigenvalue weighted by Gasteiger charge is -2.25. The fourth-order valence-electron chi connectivity index (χ4n) is 4.83. The Morgan fingerprint density at radius 1 is 0.630 bits per heavy atom. The third-order valence-electron chi connectivity index (χ3n) is 7.20. The Kier molecular flexibility index (Phi) is 15.8. The molecular weight excluding hydrogens is 714 g/mol. The van der Waals surface area contributed by atoms with Crippen molar-refractivity contribution >= 4 is 46.9 Å². The van der Waals surface area contributed by atoms with Crippen LogP contribution < -0.4 is 26.2 Å². The van der Waals surface area contributed by atoms with Crippen molar-refractivity contribution in [3.05, 3.63) is 131 Å². The molecule has 0 aliphatic rings. The van der Waals surface area contributed by atoms with Crippen molar-refractivity contribution in [2.75, 3.05) is 23.3 Å². The molecule has 4 aromatic rings. The highest BCUT2D eigenvalue weighted by atomic mass is 19.1. The minimum atomic E-state index is -1.21. The molecule has 0 radical (unpaired) electrons. The van der Waals surface area contributed by atoms with Crippen LogP contribution in [-0.2, 0) is 41.6 Å². The van der Waals surface area contributed by atoms with Crippen molar-refractivity contribution in [1.82, 2.24) is 16.0 Å². The summed E-state index contributed by atoms with van der Waals surface area (Å²) in [5.41, 5.74) is 1.24. The Morgan fingerprint density at radius 3 is 1.54 bits per heavy atom. The number of carbonyl (C=O) groups excluding carboxylic acids is 5. The van der Waals surface area contributed by atoms with Crippen LogP contribution in [0.1, 0.15) is 25.0 Å². The maximum absolute atomic E-state index is 13.2. The highest BCUT2D eigenvalue weighted by Gasteiger charge is 2.25. The first kappa shape index (κ1) is 41.8. The number of anilines is 2. The zero-order chi connectivity index (χ0) is 39.8. The number of nitrogens with zero attached hydrogens (tertiary/aromatic N) is 1. The van der Waals surface area contributed by atoms with Crippen LogP contribution in [0.4, 0.5) is 28.9 Å². The van der Waals surface area contributed by atoms with E-state index >= 15 is 0 Å². The smallest absolute Gasteiger partial charge is 0.323 e. The van der Waals surface area contributed by atoms with E-state index in [-0.39, 0.29) is 30.5 Å². The van der Waals surface area contributed by atoms with Crippen molar-refractivity contribution in [2.45, 2.75) is 38.8 Å². The number of aliphatic carboxylic acids is 1. The van der Waals surface area contributed by atoms with Crippen LogP contribution in [0.15, 0.2) is 97.1 Å². The van der Waals surface area contributed by atoms with Crippen molar-refractivity contribution in [1.29, 1.82) is 0 Å². The molecule has 0 aliphatic carbocycles. The van der Waals surface area contributed by atoms with E-state index in [9.17, 15) is 46.3 Å². The molecular formula is C38H37F4N5O7. The fourth-order valence-corrected chi connectivity index (χ4v) is 4.83. The molecule has 0 unspecified atom stereocenters. The van der Waals surface area contributed by atoms with E-state index in [1.165, 1.54) is 13.8 Å². The van der Waals surface area contributed by atoms with Gasteiger partial charge in [-0.05, 0) is 73.5 Å². The van der Waals surface area contributed by atoms with Crippen LogP contribution >= 0.6 is 0 Å². The van der Waals surface area contributed by atoms with Gasteiger partial charge in [-0.3, -0.25) is 33.7 Å². The van der Waals surface area contributed by atoms with Crippen LogP contribution in [0.2, 0.25) is 0 Å². The van der Waals surface area contributed by atoms with Gasteiger partial charge in [0.1, 0.15) is 41.9 Å². The number of halogens is 4. The summed E-state index contributed by atoms with van der Waals surface area (Å²) in [5, 5.41) is 18.9. The number of amides is 5. The second kappa shape index (κ2) is 20.5. The zero-order valence-electron chi connectivity index (χ0n) is 29.1. The van der Waals surface area contributed by atoms with Gasteiger partial charge in [0.2, 0.25) is 29.5 Å². The van der Waals surface area contributed by atoms with Gasteiger partial charge in [-0.1, -0.05) is 36.4 Å². The van der Waals surface area contributed by atoms with Gasteiger partial charge < -0.3 is 26.4 Å². The average Bonchev–Trinajstić information content (AvgIpc) is 3.09. The van der Waals surface area contributed by atoms with Gasteiger partial charge in [0.05, 0.1) is 19.4 Å². The van der Waals surface area contributed by atoms with Crippen LogP contribution in [0.25, 0.3) is 0 Å². The van der Waals surface area contributed by atoms with Crippen LogP contribution in [0.3, 0.4) is 0 Å². The van der Waals surface area contributed by atoms with E-state index in [4.69, 9.17) is 5.11 Å². The molecule has 0 heterocycles. The Hall–Kier alpha value is -6.58. The van der Waals surface area contributed by atoms with E-state index in [1.54, 1.807) is 60.7 Å². The van der Waals surface area contributed by atoms with Crippen molar-refractivity contribution < 1.29 is 51.4 Å². The standard InChI is InChI=1S/C19H19F2N3O3.C19H18F2N2O4/c1-12(23-17(25)9-13-7-14(20)10-15(21)8-13)19(27)22-11-18(26)24-16-5-3-2-4-6-16;1-12(22-17(24)9-13-7-14(20)10-15(21)8-13)19(27)23(11-18(25)26)16-5-3-2-4-6-16/h2-8,10,12H,9,11H2,1H3,(H,22,27)(H,23,25)(H,24,26);2-8,10,12H,9,11H2,1H3,(H,22,24)(H,25,26)/t2*12-/m00/s1. The van der Waals surface area contributed by atoms with E-state index in [0.717, 1.165) is 29.2 Å². The summed E-state index contributed by atoms with van der Waals surface area (Å²) in [5.74, 6) is -7.18. The molecule has 0 fully saturated rings. The number of benzene rings is 4. The summed E-state index contributed by atoms with van der Waals surface area (Å²) >= 11 is 0. The summed E-state index contributed by atoms with van der Waals surface area (Å²) in [6.45, 7) is 2.01. The van der Waals surface area contributed by atoms with Gasteiger partial charge >= 0.3 is 5.97 Å². The summed E-state index contributed by atoms with van der Waals surface area (Å²) in [6.07, 6.45) is -0.600. The topological polar surface area (TPSA) is 174 Å². The van der Waals surface area contributed by atoms with Gasteiger partial charge in [0, 0.05) is 23.5 Å². The Labute approximate surface area is 307 Å². The fraction of sp³-hybridized carbons (Fsp3) is 0.211. The van der Waals surface area contributed by atoms with Crippen molar-refractivity contribution in [2.24, 2.45) is 0 Å². The number of para-hydroxylation sites is 2. The normalized spacial score (nSPS) is 11.4. The van der Waals surface area contributed by atoms with E-state index in [1.807, 2.05) is 0 Å². The number of carboxylic acid groups (broad SMARTS) is 1. The van der Waals surface area contributed by atoms with Crippen LogP contribution in [0.5, 0.6) is 0 Å². The van der Waals surface area contributed by atoms with E-state index in [2.05, 4.69) is 21.3 Å². The van der Waals surface area contributed by atoms with Gasteiger partial charge in [-0.25, -0.2) is 17.6 Å². The van der Waals surface area contributed by atoms with Crippen LogP contribution in [0, 0.1) is 23.3 Å². The Bertz CT molecular complexity index is 1910. The van der Waals surface area contributed by atoms with Gasteiger partial charge in [0.15, 0.2) is 0 Å². The second-order valence-corrected chi connectivity index (χ2v) is 11.8. The molecule has 0 aliphatic heterocycles. The molecule has 5 N–H and O–H groups in total. The minimum Gasteiger partial charge on any atom is -0.480 e. The first-order valence-electron chi connectivity index (χ1n) is 16.3. The van der Waals surface area contributed by atoms with Gasteiger partial charge in [-0.15, -0.1) is 0 Å². The molecule has 4 aromatic carbocycles. The first-order valence-corrected chi connectivity index (χ1v) is 16.3. The Balaban J connectivity index is 0.000000290. The van der Waals surface area contributed by atoms with E-state index < -0.39 is 77.4 Å². The molecule has 0 aromatic heterocycles. The second-order valence-electron chi connectivity index (χ2n) is 11.8. The van der Waals surface area contributed by atoms with E-state index in [0.29, 0.717) is 23.5 Å². The average molecular weight is 752 g/mol. The third kappa shape index (κ3) is 14.6. The molecule has 5 amide bonds. The largest absolute Gasteiger partial charge is 0.480 e. The molecule has 12 nitrogen and oxygen atoms in total. The molecule has 284 valence electrons. The quantitative estimate of drug-likeness (QED) is 0.122. The summed E-state index contributed by atoms with van der Waals surface area (Å²) in [6, 6.07) is 20.5. The number of carboxylic acids is 1. The predicted octanol–water partition coefficient (Wildman–Crippen LogP) is 3.90. The summed E-state index contributed by atoms with van der Waals surface area (Å²) < 4.78 is 52.6. The molecule has 0 saturated heterocycles. The monoisotopic (exact) mass is 751 g/mol.